The Morgan fingerprint density at radius 3 is 2.73 bits per heavy atom. The number of oxazole rings is 1. The van der Waals surface area contributed by atoms with Crippen molar-refractivity contribution in [3.05, 3.63) is 35.0 Å². The van der Waals surface area contributed by atoms with Gasteiger partial charge in [-0.25, -0.2) is 4.98 Å². The van der Waals surface area contributed by atoms with Crippen molar-refractivity contribution in [2.24, 2.45) is 0 Å². The van der Waals surface area contributed by atoms with E-state index in [1.807, 2.05) is 6.92 Å². The first-order valence-electron chi connectivity index (χ1n) is 7.97. The molecule has 2 heterocycles. The highest BCUT2D eigenvalue weighted by atomic mass is 19.3. The maximum absolute atomic E-state index is 12.6. The molecule has 0 saturated carbocycles. The van der Waals surface area contributed by atoms with Gasteiger partial charge >= 0.3 is 6.61 Å². The van der Waals surface area contributed by atoms with Crippen molar-refractivity contribution in [1.82, 2.24) is 10.1 Å². The van der Waals surface area contributed by atoms with E-state index in [4.69, 9.17) is 8.94 Å². The molecule has 0 aliphatic carbocycles. The lowest BCUT2D eigenvalue weighted by Gasteiger charge is -2.08. The molecule has 0 saturated heterocycles. The number of halogens is 2. The van der Waals surface area contributed by atoms with Crippen molar-refractivity contribution in [3.63, 3.8) is 0 Å². The fourth-order valence-corrected chi connectivity index (χ4v) is 2.58. The number of alkyl halides is 2. The minimum absolute atomic E-state index is 0.0339. The molecule has 0 fully saturated rings. The van der Waals surface area contributed by atoms with Crippen molar-refractivity contribution < 1.29 is 27.3 Å². The van der Waals surface area contributed by atoms with Gasteiger partial charge in [0.2, 0.25) is 5.91 Å². The largest absolute Gasteiger partial charge is 0.440 e. The number of carbonyl (C=O) groups is 1. The van der Waals surface area contributed by atoms with Crippen molar-refractivity contribution in [2.75, 3.05) is 5.32 Å². The number of hydrogen-bond acceptors (Lipinski definition) is 6. The molecule has 0 aliphatic rings. The summed E-state index contributed by atoms with van der Waals surface area (Å²) in [6, 6.07) is 2.87. The summed E-state index contributed by atoms with van der Waals surface area (Å²) in [5, 5.41) is 6.50. The van der Waals surface area contributed by atoms with Crippen LogP contribution in [-0.4, -0.2) is 22.7 Å². The monoisotopic (exact) mass is 365 g/mol. The van der Waals surface area contributed by atoms with Gasteiger partial charge in [-0.3, -0.25) is 4.79 Å². The number of carbonyl (C=O) groups excluding carboxylic acids is 1. The summed E-state index contributed by atoms with van der Waals surface area (Å²) in [6.07, 6.45) is 0.446. The van der Waals surface area contributed by atoms with Gasteiger partial charge in [-0.15, -0.1) is 0 Å². The zero-order chi connectivity index (χ0) is 18.8. The van der Waals surface area contributed by atoms with E-state index >= 15 is 0 Å². The first-order valence-corrected chi connectivity index (χ1v) is 7.97. The van der Waals surface area contributed by atoms with Gasteiger partial charge in [0.15, 0.2) is 28.5 Å². The first kappa shape index (κ1) is 17.8. The van der Waals surface area contributed by atoms with Gasteiger partial charge in [0.25, 0.3) is 0 Å². The van der Waals surface area contributed by atoms with Crippen LogP contribution in [0.5, 0.6) is 5.75 Å². The zero-order valence-corrected chi connectivity index (χ0v) is 14.4. The number of amides is 1. The summed E-state index contributed by atoms with van der Waals surface area (Å²) in [6.45, 7) is 2.25. The summed E-state index contributed by atoms with van der Waals surface area (Å²) >= 11 is 0. The highest BCUT2D eigenvalue weighted by Crippen LogP contribution is 2.31. The average Bonchev–Trinajstić information content (AvgIpc) is 3.16. The fourth-order valence-electron chi connectivity index (χ4n) is 2.58. The predicted molar refractivity (Wildman–Crippen MR) is 88.3 cm³/mol. The Kier molecular flexibility index (Phi) is 4.88. The third kappa shape index (κ3) is 3.51. The Labute approximate surface area is 147 Å². The number of benzene rings is 1. The van der Waals surface area contributed by atoms with Crippen LogP contribution < -0.4 is 10.1 Å². The van der Waals surface area contributed by atoms with E-state index in [1.165, 1.54) is 12.1 Å². The lowest BCUT2D eigenvalue weighted by Crippen LogP contribution is -2.15. The van der Waals surface area contributed by atoms with E-state index in [9.17, 15) is 13.6 Å². The maximum Gasteiger partial charge on any atom is 0.387 e. The Morgan fingerprint density at radius 2 is 2.12 bits per heavy atom. The molecule has 9 heteroatoms. The number of anilines is 1. The van der Waals surface area contributed by atoms with Crippen LogP contribution in [0.15, 0.2) is 21.1 Å². The van der Waals surface area contributed by atoms with Gasteiger partial charge in [0.05, 0.1) is 6.42 Å². The molecule has 0 radical (unpaired) electrons. The Balaban J connectivity index is 1.90. The van der Waals surface area contributed by atoms with E-state index in [1.54, 1.807) is 13.8 Å². The quantitative estimate of drug-likeness (QED) is 0.715. The van der Waals surface area contributed by atoms with Crippen LogP contribution in [0.2, 0.25) is 0 Å². The third-order valence-electron chi connectivity index (χ3n) is 3.80. The van der Waals surface area contributed by atoms with E-state index in [-0.39, 0.29) is 29.2 Å². The molecule has 138 valence electrons. The van der Waals surface area contributed by atoms with Crippen molar-refractivity contribution in [3.8, 4) is 5.75 Å². The predicted octanol–water partition coefficient (Wildman–Crippen LogP) is 3.78. The highest BCUT2D eigenvalue weighted by molar-refractivity contribution is 5.96. The molecule has 0 atom stereocenters. The SMILES string of the molecule is CCc1nc2c(OC(F)F)ccc(CC(=O)Nc3c(C)noc3C)c2o1. The molecular formula is C17H17F2N3O4. The summed E-state index contributed by atoms with van der Waals surface area (Å²) in [7, 11) is 0. The smallest absolute Gasteiger partial charge is 0.387 e. The number of aryl methyl sites for hydroxylation is 3. The van der Waals surface area contributed by atoms with Crippen LogP contribution in [0, 0.1) is 13.8 Å². The lowest BCUT2D eigenvalue weighted by molar-refractivity contribution is -0.115. The molecule has 1 N–H and O–H groups in total. The first-order chi connectivity index (χ1) is 12.4. The van der Waals surface area contributed by atoms with E-state index in [0.29, 0.717) is 35.0 Å². The number of nitrogens with zero attached hydrogens (tertiary/aromatic N) is 2. The molecule has 3 aromatic rings. The minimum atomic E-state index is -2.98. The van der Waals surface area contributed by atoms with Gasteiger partial charge in [-0.1, -0.05) is 18.1 Å². The van der Waals surface area contributed by atoms with Gasteiger partial charge in [-0.05, 0) is 19.9 Å². The van der Waals surface area contributed by atoms with Crippen LogP contribution in [0.1, 0.15) is 29.8 Å². The summed E-state index contributed by atoms with van der Waals surface area (Å²) in [5.74, 6) is 0.457. The normalized spacial score (nSPS) is 11.3. The van der Waals surface area contributed by atoms with Gasteiger partial charge in [0.1, 0.15) is 11.4 Å². The average molecular weight is 365 g/mol. The van der Waals surface area contributed by atoms with Gasteiger partial charge in [-0.2, -0.15) is 8.78 Å². The van der Waals surface area contributed by atoms with Crippen molar-refractivity contribution in [1.29, 1.82) is 0 Å². The molecule has 0 aliphatic heterocycles. The molecule has 7 nitrogen and oxygen atoms in total. The van der Waals surface area contributed by atoms with Gasteiger partial charge < -0.3 is 19.0 Å². The molecule has 26 heavy (non-hydrogen) atoms. The van der Waals surface area contributed by atoms with Crippen molar-refractivity contribution in [2.45, 2.75) is 40.2 Å². The molecular weight excluding hydrogens is 348 g/mol. The Bertz CT molecular complexity index is 930. The number of ether oxygens (including phenoxy) is 1. The van der Waals surface area contributed by atoms with E-state index < -0.39 is 6.61 Å². The second-order valence-corrected chi connectivity index (χ2v) is 5.66. The van der Waals surface area contributed by atoms with E-state index in [0.717, 1.165) is 0 Å². The van der Waals surface area contributed by atoms with Crippen LogP contribution in [0.25, 0.3) is 11.1 Å². The van der Waals surface area contributed by atoms with Crippen LogP contribution in [-0.2, 0) is 17.6 Å². The number of aromatic nitrogens is 2. The topological polar surface area (TPSA) is 90.4 Å². The van der Waals surface area contributed by atoms with E-state index in [2.05, 4.69) is 20.2 Å². The summed E-state index contributed by atoms with van der Waals surface area (Å²) in [5.41, 5.74) is 2.02. The molecule has 0 bridgehead atoms. The number of nitrogens with one attached hydrogen (secondary N) is 1. The Hall–Kier alpha value is -2.97. The Morgan fingerprint density at radius 1 is 1.35 bits per heavy atom. The number of hydrogen-bond donors (Lipinski definition) is 1. The summed E-state index contributed by atoms with van der Waals surface area (Å²) in [4.78, 5) is 16.5. The molecule has 1 aromatic carbocycles. The number of fused-ring (bicyclic) bond motifs is 1. The summed E-state index contributed by atoms with van der Waals surface area (Å²) < 4.78 is 40.2. The molecule has 0 spiro atoms. The van der Waals surface area contributed by atoms with Gasteiger partial charge in [0, 0.05) is 12.0 Å². The number of rotatable bonds is 6. The van der Waals surface area contributed by atoms with Crippen LogP contribution in [0.4, 0.5) is 14.5 Å². The lowest BCUT2D eigenvalue weighted by atomic mass is 10.1. The zero-order valence-electron chi connectivity index (χ0n) is 14.4. The molecule has 1 amide bonds. The minimum Gasteiger partial charge on any atom is -0.440 e. The third-order valence-corrected chi connectivity index (χ3v) is 3.80. The van der Waals surface area contributed by atoms with Crippen molar-refractivity contribution >= 4 is 22.7 Å². The molecule has 3 rings (SSSR count). The standard InChI is InChI=1S/C17H17F2N3O4/c1-4-13-21-15-11(24-17(18)19)6-5-10(16(15)25-13)7-12(23)20-14-8(2)22-26-9(14)3/h5-6,17H,4,7H2,1-3H3,(H,20,23). The van der Waals surface area contributed by atoms with Crippen LogP contribution >= 0.6 is 0 Å². The highest BCUT2D eigenvalue weighted by Gasteiger charge is 2.20. The molecule has 2 aromatic heterocycles. The second kappa shape index (κ2) is 7.11. The maximum atomic E-state index is 12.6. The second-order valence-electron chi connectivity index (χ2n) is 5.66. The molecule has 0 unspecified atom stereocenters. The fraction of sp³-hybridized carbons (Fsp3) is 0.353. The van der Waals surface area contributed by atoms with Crippen LogP contribution in [0.3, 0.4) is 0 Å².